The van der Waals surface area contributed by atoms with Gasteiger partial charge in [-0.15, -0.1) is 0 Å². The molecule has 2 radical (unpaired) electrons. The summed E-state index contributed by atoms with van der Waals surface area (Å²) in [6.45, 7) is 4.15. The molecule has 1 rings (SSSR count). The van der Waals surface area contributed by atoms with E-state index in [4.69, 9.17) is 0 Å². The summed E-state index contributed by atoms with van der Waals surface area (Å²) in [6, 6.07) is 0. The minimum absolute atomic E-state index is 0.0556. The van der Waals surface area contributed by atoms with E-state index in [0.29, 0.717) is 0 Å². The number of hydrogen-bond acceptors (Lipinski definition) is 2. The number of rotatable bonds is 1. The number of H-pyrrole nitrogens is 1. The summed E-state index contributed by atoms with van der Waals surface area (Å²) in [5.41, 5.74) is 0.975. The fourth-order valence-corrected chi connectivity index (χ4v) is 0.722. The fourth-order valence-electron chi connectivity index (χ4n) is 0.496. The van der Waals surface area contributed by atoms with Crippen LogP contribution in [-0.4, -0.2) is 32.3 Å². The summed E-state index contributed by atoms with van der Waals surface area (Å²) in [7, 11) is 0. The molecule has 3 nitrogen and oxygen atoms in total. The topological polar surface area (TPSA) is 41.6 Å². The van der Waals surface area contributed by atoms with Crippen LogP contribution >= 0.6 is 0 Å². The van der Waals surface area contributed by atoms with Crippen LogP contribution in [0.5, 0.6) is 0 Å². The second kappa shape index (κ2) is 2.14. The third-order valence-corrected chi connectivity index (χ3v) is 1.52. The van der Waals surface area contributed by atoms with E-state index in [1.165, 1.54) is 0 Å². The van der Waals surface area contributed by atoms with Gasteiger partial charge in [-0.3, -0.25) is 0 Å². The van der Waals surface area contributed by atoms with E-state index in [1.54, 1.807) is 6.20 Å². The zero-order valence-electron chi connectivity index (χ0n) is 5.42. The Hall–Kier alpha value is -0.302. The molecule has 1 aromatic rings. The molecule has 0 aliphatic rings. The van der Waals surface area contributed by atoms with Crippen LogP contribution in [-0.2, 0) is 4.20 Å². The Bertz CT molecular complexity index is 175. The van der Waals surface area contributed by atoms with Crippen LogP contribution in [0.3, 0.4) is 0 Å². The van der Waals surface area contributed by atoms with Crippen molar-refractivity contribution in [3.05, 3.63) is 11.9 Å². The standard InChI is InChI=1S/C5H8AsN3/c1-5(2,6)4-3-7-9-8-4/h3H,1-2H3,(H,7,8,9). The predicted molar refractivity (Wildman–Crippen MR) is 35.2 cm³/mol. The normalized spacial score (nSPS) is 11.9. The first-order chi connectivity index (χ1) is 4.11. The number of aromatic nitrogens is 3. The number of nitrogens with one attached hydrogen (secondary N) is 1. The first kappa shape index (κ1) is 6.81. The van der Waals surface area contributed by atoms with Gasteiger partial charge in [0.05, 0.1) is 0 Å². The van der Waals surface area contributed by atoms with Gasteiger partial charge in [-0.1, -0.05) is 0 Å². The van der Waals surface area contributed by atoms with E-state index in [-0.39, 0.29) is 4.20 Å². The van der Waals surface area contributed by atoms with Gasteiger partial charge in [0.15, 0.2) is 0 Å². The first-order valence-electron chi connectivity index (χ1n) is 2.69. The van der Waals surface area contributed by atoms with Crippen LogP contribution in [0, 0.1) is 0 Å². The molecule has 0 saturated carbocycles. The molecule has 0 aromatic carbocycles. The monoisotopic (exact) mass is 185 g/mol. The van der Waals surface area contributed by atoms with E-state index < -0.39 is 0 Å². The molecule has 48 valence electrons. The average Bonchev–Trinajstić information content (AvgIpc) is 2.08. The van der Waals surface area contributed by atoms with E-state index in [2.05, 4.69) is 46.1 Å². The number of nitrogens with zero attached hydrogens (tertiary/aromatic N) is 2. The van der Waals surface area contributed by atoms with E-state index in [0.717, 1.165) is 5.69 Å². The molecular formula is C5H8AsN3. The zero-order valence-corrected chi connectivity index (χ0v) is 7.30. The molecule has 0 fully saturated rings. The molecule has 1 heterocycles. The summed E-state index contributed by atoms with van der Waals surface area (Å²) in [4.78, 5) is 0. The summed E-state index contributed by atoms with van der Waals surface area (Å²) in [6.07, 6.45) is 1.73. The van der Waals surface area contributed by atoms with E-state index in [1.807, 2.05) is 0 Å². The Morgan fingerprint density at radius 2 is 2.33 bits per heavy atom. The van der Waals surface area contributed by atoms with Crippen molar-refractivity contribution in [1.82, 2.24) is 15.4 Å². The Balaban J connectivity index is 2.90. The van der Waals surface area contributed by atoms with Gasteiger partial charge in [-0.2, -0.15) is 0 Å². The predicted octanol–water partition coefficient (Wildman–Crippen LogP) is 0.208. The Kier molecular flexibility index (Phi) is 1.62. The minimum atomic E-state index is 0.0556. The molecule has 0 atom stereocenters. The number of aromatic amines is 1. The quantitative estimate of drug-likeness (QED) is 0.635. The van der Waals surface area contributed by atoms with Crippen LogP contribution in [0.15, 0.2) is 6.20 Å². The van der Waals surface area contributed by atoms with Crippen LogP contribution in [0.4, 0.5) is 0 Å². The third-order valence-electron chi connectivity index (χ3n) is 1.04. The van der Waals surface area contributed by atoms with Crippen LogP contribution in [0.25, 0.3) is 0 Å². The summed E-state index contributed by atoms with van der Waals surface area (Å²) in [5, 5.41) is 10.2. The molecule has 0 spiro atoms. The van der Waals surface area contributed by atoms with E-state index >= 15 is 0 Å². The molecule has 1 N–H and O–H groups in total. The second-order valence-corrected chi connectivity index (χ2v) is 4.76. The zero-order chi connectivity index (χ0) is 6.91. The van der Waals surface area contributed by atoms with Gasteiger partial charge >= 0.3 is 62.2 Å². The van der Waals surface area contributed by atoms with Gasteiger partial charge in [0.25, 0.3) is 0 Å². The summed E-state index contributed by atoms with van der Waals surface area (Å²) in [5.74, 6) is 0. The summed E-state index contributed by atoms with van der Waals surface area (Å²) >= 11 is 2.55. The molecule has 0 aliphatic heterocycles. The van der Waals surface area contributed by atoms with Crippen LogP contribution < -0.4 is 0 Å². The van der Waals surface area contributed by atoms with Crippen molar-refractivity contribution in [2.24, 2.45) is 0 Å². The average molecular weight is 185 g/mol. The molecule has 0 unspecified atom stereocenters. The molecule has 0 saturated heterocycles. The molecule has 0 bridgehead atoms. The van der Waals surface area contributed by atoms with Gasteiger partial charge in [0, 0.05) is 0 Å². The molecular weight excluding hydrogens is 177 g/mol. The summed E-state index contributed by atoms with van der Waals surface area (Å²) < 4.78 is 0.0556. The molecule has 4 heteroatoms. The van der Waals surface area contributed by atoms with Crippen molar-refractivity contribution in [2.75, 3.05) is 0 Å². The van der Waals surface area contributed by atoms with Crippen molar-refractivity contribution >= 4 is 16.9 Å². The SMILES string of the molecule is CC(C)([As])c1cn[nH]n1. The molecule has 0 aliphatic carbocycles. The molecule has 1 aromatic heterocycles. The van der Waals surface area contributed by atoms with Crippen LogP contribution in [0.1, 0.15) is 19.5 Å². The fraction of sp³-hybridized carbons (Fsp3) is 0.600. The molecule has 9 heavy (non-hydrogen) atoms. The Morgan fingerprint density at radius 1 is 1.67 bits per heavy atom. The number of hydrogen-bond donors (Lipinski definition) is 1. The van der Waals surface area contributed by atoms with Gasteiger partial charge in [0.1, 0.15) is 0 Å². The van der Waals surface area contributed by atoms with Crippen LogP contribution in [0.2, 0.25) is 0 Å². The van der Waals surface area contributed by atoms with E-state index in [9.17, 15) is 0 Å². The Morgan fingerprint density at radius 3 is 2.56 bits per heavy atom. The van der Waals surface area contributed by atoms with Gasteiger partial charge < -0.3 is 0 Å². The maximum absolute atomic E-state index is 3.94. The third kappa shape index (κ3) is 1.55. The molecule has 0 amide bonds. The van der Waals surface area contributed by atoms with Crippen molar-refractivity contribution in [3.63, 3.8) is 0 Å². The van der Waals surface area contributed by atoms with Crippen molar-refractivity contribution in [1.29, 1.82) is 0 Å². The first-order valence-corrected chi connectivity index (χ1v) is 3.63. The van der Waals surface area contributed by atoms with Crippen molar-refractivity contribution in [3.8, 4) is 0 Å². The van der Waals surface area contributed by atoms with Gasteiger partial charge in [0.2, 0.25) is 0 Å². The van der Waals surface area contributed by atoms with Gasteiger partial charge in [-0.05, 0) is 0 Å². The van der Waals surface area contributed by atoms with Crippen molar-refractivity contribution < 1.29 is 0 Å². The van der Waals surface area contributed by atoms with Crippen molar-refractivity contribution in [2.45, 2.75) is 18.1 Å². The Labute approximate surface area is 62.7 Å². The maximum atomic E-state index is 3.94. The van der Waals surface area contributed by atoms with Gasteiger partial charge in [-0.25, -0.2) is 0 Å². The second-order valence-electron chi connectivity index (χ2n) is 2.41.